The molecule has 1 unspecified atom stereocenters. The van der Waals surface area contributed by atoms with E-state index in [9.17, 15) is 9.90 Å². The van der Waals surface area contributed by atoms with Crippen molar-refractivity contribution < 1.29 is 9.90 Å². The van der Waals surface area contributed by atoms with E-state index in [-0.39, 0.29) is 5.91 Å². The van der Waals surface area contributed by atoms with Crippen LogP contribution in [0.2, 0.25) is 0 Å². The lowest BCUT2D eigenvalue weighted by Gasteiger charge is -2.38. The third-order valence-electron chi connectivity index (χ3n) is 3.81. The zero-order valence-electron chi connectivity index (χ0n) is 10.2. The SMILES string of the molecule is CC(C)N1CCC(N2CC(O)CC2=O)CC1. The molecule has 2 aliphatic rings. The molecule has 0 bridgehead atoms. The molecule has 4 heteroatoms. The minimum atomic E-state index is -0.435. The summed E-state index contributed by atoms with van der Waals surface area (Å²) in [5, 5.41) is 9.47. The zero-order valence-corrected chi connectivity index (χ0v) is 10.2. The molecular formula is C12H22N2O2. The van der Waals surface area contributed by atoms with Gasteiger partial charge < -0.3 is 14.9 Å². The van der Waals surface area contributed by atoms with Gasteiger partial charge in [0, 0.05) is 31.7 Å². The minimum Gasteiger partial charge on any atom is -0.391 e. The number of carbonyl (C=O) groups is 1. The van der Waals surface area contributed by atoms with Gasteiger partial charge in [-0.3, -0.25) is 4.79 Å². The third-order valence-corrected chi connectivity index (χ3v) is 3.81. The quantitative estimate of drug-likeness (QED) is 0.743. The highest BCUT2D eigenvalue weighted by atomic mass is 16.3. The zero-order chi connectivity index (χ0) is 11.7. The highest BCUT2D eigenvalue weighted by molar-refractivity contribution is 5.79. The Morgan fingerprint density at radius 3 is 2.38 bits per heavy atom. The van der Waals surface area contributed by atoms with Gasteiger partial charge in [-0.2, -0.15) is 0 Å². The van der Waals surface area contributed by atoms with Gasteiger partial charge in [-0.25, -0.2) is 0 Å². The summed E-state index contributed by atoms with van der Waals surface area (Å²) in [6.45, 7) is 7.12. The van der Waals surface area contributed by atoms with Crippen LogP contribution in [0.4, 0.5) is 0 Å². The molecule has 0 saturated carbocycles. The molecule has 0 spiro atoms. The monoisotopic (exact) mass is 226 g/mol. The molecule has 1 amide bonds. The van der Waals surface area contributed by atoms with E-state index in [1.54, 1.807) is 0 Å². The maximum absolute atomic E-state index is 11.7. The Morgan fingerprint density at radius 2 is 1.94 bits per heavy atom. The summed E-state index contributed by atoms with van der Waals surface area (Å²) in [6, 6.07) is 0.959. The first-order chi connectivity index (χ1) is 7.58. The molecule has 92 valence electrons. The first kappa shape index (κ1) is 11.9. The van der Waals surface area contributed by atoms with Gasteiger partial charge in [0.15, 0.2) is 0 Å². The molecule has 1 atom stereocenters. The number of hydrogen-bond acceptors (Lipinski definition) is 3. The van der Waals surface area contributed by atoms with Gasteiger partial charge in [0.05, 0.1) is 12.5 Å². The Kier molecular flexibility index (Phi) is 3.50. The topological polar surface area (TPSA) is 43.8 Å². The highest BCUT2D eigenvalue weighted by Crippen LogP contribution is 2.23. The maximum Gasteiger partial charge on any atom is 0.225 e. The van der Waals surface area contributed by atoms with E-state index in [1.165, 1.54) is 0 Å². The standard InChI is InChI=1S/C12H22N2O2/c1-9(2)13-5-3-10(4-6-13)14-8-11(15)7-12(14)16/h9-11,15H,3-8H2,1-2H3. The fourth-order valence-electron chi connectivity index (χ4n) is 2.78. The molecule has 0 aromatic rings. The number of aliphatic hydroxyl groups is 1. The van der Waals surface area contributed by atoms with E-state index in [0.717, 1.165) is 25.9 Å². The van der Waals surface area contributed by atoms with E-state index < -0.39 is 6.10 Å². The molecule has 2 fully saturated rings. The van der Waals surface area contributed by atoms with Crippen LogP contribution in [0.5, 0.6) is 0 Å². The van der Waals surface area contributed by atoms with Gasteiger partial charge in [-0.1, -0.05) is 0 Å². The summed E-state index contributed by atoms with van der Waals surface area (Å²) in [5.74, 6) is 0.135. The van der Waals surface area contributed by atoms with Crippen LogP contribution in [0.15, 0.2) is 0 Å². The normalized spacial score (nSPS) is 29.4. The first-order valence-electron chi connectivity index (χ1n) is 6.29. The Bertz CT molecular complexity index is 260. The molecule has 4 nitrogen and oxygen atoms in total. The number of hydrogen-bond donors (Lipinski definition) is 1. The average molecular weight is 226 g/mol. The summed E-state index contributed by atoms with van der Waals surface area (Å²) < 4.78 is 0. The van der Waals surface area contributed by atoms with Gasteiger partial charge in [-0.05, 0) is 26.7 Å². The lowest BCUT2D eigenvalue weighted by Crippen LogP contribution is -2.47. The molecular weight excluding hydrogens is 204 g/mol. The van der Waals surface area contributed by atoms with Gasteiger partial charge in [-0.15, -0.1) is 0 Å². The maximum atomic E-state index is 11.7. The van der Waals surface area contributed by atoms with E-state index in [1.807, 2.05) is 4.90 Å². The van der Waals surface area contributed by atoms with E-state index in [2.05, 4.69) is 18.7 Å². The summed E-state index contributed by atoms with van der Waals surface area (Å²) in [6.07, 6.45) is 1.99. The first-order valence-corrected chi connectivity index (χ1v) is 6.29. The van der Waals surface area contributed by atoms with E-state index >= 15 is 0 Å². The number of β-amino-alcohol motifs (C(OH)–C–C–N with tert-alkyl or cyclic N) is 1. The van der Waals surface area contributed by atoms with Crippen molar-refractivity contribution in [1.82, 2.24) is 9.80 Å². The van der Waals surface area contributed by atoms with Crippen molar-refractivity contribution in [1.29, 1.82) is 0 Å². The minimum absolute atomic E-state index is 0.135. The van der Waals surface area contributed by atoms with Crippen molar-refractivity contribution in [2.75, 3.05) is 19.6 Å². The van der Waals surface area contributed by atoms with Crippen LogP contribution in [0.3, 0.4) is 0 Å². The third kappa shape index (κ3) is 2.38. The van der Waals surface area contributed by atoms with Crippen molar-refractivity contribution in [2.24, 2.45) is 0 Å². The Hall–Kier alpha value is -0.610. The molecule has 0 aliphatic carbocycles. The number of aliphatic hydroxyl groups excluding tert-OH is 1. The van der Waals surface area contributed by atoms with Crippen LogP contribution in [-0.4, -0.2) is 58.6 Å². The molecule has 0 radical (unpaired) electrons. The van der Waals surface area contributed by atoms with Crippen LogP contribution in [-0.2, 0) is 4.79 Å². The van der Waals surface area contributed by atoms with Gasteiger partial charge >= 0.3 is 0 Å². The Morgan fingerprint density at radius 1 is 1.31 bits per heavy atom. The van der Waals surface area contributed by atoms with Crippen molar-refractivity contribution in [2.45, 2.75) is 51.3 Å². The van der Waals surface area contributed by atoms with Gasteiger partial charge in [0.25, 0.3) is 0 Å². The Labute approximate surface area is 97.2 Å². The smallest absolute Gasteiger partial charge is 0.225 e. The van der Waals surface area contributed by atoms with Crippen LogP contribution in [0.25, 0.3) is 0 Å². The van der Waals surface area contributed by atoms with Crippen LogP contribution in [0.1, 0.15) is 33.1 Å². The molecule has 0 aromatic heterocycles. The predicted octanol–water partition coefficient (Wildman–Crippen LogP) is 0.452. The lowest BCUT2D eigenvalue weighted by molar-refractivity contribution is -0.130. The van der Waals surface area contributed by atoms with Crippen LogP contribution < -0.4 is 0 Å². The number of piperidine rings is 1. The predicted molar refractivity (Wildman–Crippen MR) is 62.1 cm³/mol. The number of amides is 1. The second kappa shape index (κ2) is 4.72. The molecule has 1 N–H and O–H groups in total. The number of nitrogens with zero attached hydrogens (tertiary/aromatic N) is 2. The van der Waals surface area contributed by atoms with Gasteiger partial charge in [0.1, 0.15) is 0 Å². The fourth-order valence-corrected chi connectivity index (χ4v) is 2.78. The fraction of sp³-hybridized carbons (Fsp3) is 0.917. The average Bonchev–Trinajstić information content (AvgIpc) is 2.58. The summed E-state index contributed by atoms with van der Waals surface area (Å²) in [7, 11) is 0. The number of carbonyl (C=O) groups excluding carboxylic acids is 1. The second-order valence-corrected chi connectivity index (χ2v) is 5.26. The van der Waals surface area contributed by atoms with Crippen molar-refractivity contribution in [3.8, 4) is 0 Å². The second-order valence-electron chi connectivity index (χ2n) is 5.26. The lowest BCUT2D eigenvalue weighted by atomic mass is 10.0. The number of likely N-dealkylation sites (tertiary alicyclic amines) is 2. The molecule has 2 heterocycles. The summed E-state index contributed by atoms with van der Waals surface area (Å²) >= 11 is 0. The highest BCUT2D eigenvalue weighted by Gasteiger charge is 2.35. The van der Waals surface area contributed by atoms with Crippen LogP contribution in [0, 0.1) is 0 Å². The molecule has 2 rings (SSSR count). The van der Waals surface area contributed by atoms with Crippen molar-refractivity contribution in [3.63, 3.8) is 0 Å². The molecule has 0 aromatic carbocycles. The van der Waals surface area contributed by atoms with E-state index in [0.29, 0.717) is 25.0 Å². The summed E-state index contributed by atoms with van der Waals surface area (Å²) in [4.78, 5) is 16.0. The molecule has 16 heavy (non-hydrogen) atoms. The van der Waals surface area contributed by atoms with Gasteiger partial charge in [0.2, 0.25) is 5.91 Å². The number of rotatable bonds is 2. The summed E-state index contributed by atoms with van der Waals surface area (Å²) in [5.41, 5.74) is 0. The largest absolute Gasteiger partial charge is 0.391 e. The van der Waals surface area contributed by atoms with Crippen LogP contribution >= 0.6 is 0 Å². The van der Waals surface area contributed by atoms with E-state index in [4.69, 9.17) is 0 Å². The molecule has 2 aliphatic heterocycles. The Balaban J connectivity index is 1.87. The molecule has 2 saturated heterocycles. The van der Waals surface area contributed by atoms with Crippen molar-refractivity contribution in [3.05, 3.63) is 0 Å². The van der Waals surface area contributed by atoms with Crippen molar-refractivity contribution >= 4 is 5.91 Å².